The van der Waals surface area contributed by atoms with E-state index in [2.05, 4.69) is 25.9 Å². The lowest BCUT2D eigenvalue weighted by molar-refractivity contribution is -0.122. The third-order valence-electron chi connectivity index (χ3n) is 4.19. The van der Waals surface area contributed by atoms with E-state index in [1.54, 1.807) is 24.3 Å². The van der Waals surface area contributed by atoms with E-state index >= 15 is 0 Å². The van der Waals surface area contributed by atoms with Crippen molar-refractivity contribution in [2.24, 2.45) is 5.10 Å². The van der Waals surface area contributed by atoms with Crippen molar-refractivity contribution in [3.63, 3.8) is 0 Å². The molecule has 0 aliphatic heterocycles. The molecule has 4 aromatic rings. The number of rotatable bonds is 7. The Bertz CT molecular complexity index is 1230. The summed E-state index contributed by atoms with van der Waals surface area (Å²) in [6, 6.07) is 19.0. The molecule has 2 N–H and O–H groups in total. The number of hydrogen-bond donors (Lipinski definition) is 2. The zero-order chi connectivity index (χ0) is 21.6. The number of amides is 1. The highest BCUT2D eigenvalue weighted by Gasteiger charge is 2.09. The van der Waals surface area contributed by atoms with Gasteiger partial charge in [0.05, 0.1) is 11.8 Å². The van der Waals surface area contributed by atoms with Gasteiger partial charge in [0.1, 0.15) is 18.1 Å². The minimum Gasteiger partial charge on any atom is -0.478 e. The van der Waals surface area contributed by atoms with Gasteiger partial charge in [-0.2, -0.15) is 9.90 Å². The molecule has 0 atom stereocenters. The molecule has 1 amide bonds. The quantitative estimate of drug-likeness (QED) is 0.349. The number of furan rings is 1. The van der Waals surface area contributed by atoms with Gasteiger partial charge >= 0.3 is 5.97 Å². The second-order valence-corrected chi connectivity index (χ2v) is 6.39. The maximum atomic E-state index is 12.0. The van der Waals surface area contributed by atoms with E-state index in [0.29, 0.717) is 17.3 Å². The molecular weight excluding hydrogens is 400 g/mol. The molecular formula is C21H16N6O4. The molecule has 10 nitrogen and oxygen atoms in total. The van der Waals surface area contributed by atoms with Gasteiger partial charge in [0.25, 0.3) is 5.91 Å². The van der Waals surface area contributed by atoms with E-state index < -0.39 is 11.9 Å². The molecule has 2 aromatic heterocycles. The monoisotopic (exact) mass is 416 g/mol. The lowest BCUT2D eigenvalue weighted by Crippen LogP contribution is -2.24. The third kappa shape index (κ3) is 4.88. The Morgan fingerprint density at radius 3 is 2.55 bits per heavy atom. The van der Waals surface area contributed by atoms with Gasteiger partial charge in [-0.05, 0) is 29.5 Å². The van der Waals surface area contributed by atoms with Gasteiger partial charge in [-0.1, -0.05) is 42.5 Å². The number of aromatic nitrogens is 4. The normalized spacial score (nSPS) is 11.0. The van der Waals surface area contributed by atoms with E-state index in [9.17, 15) is 9.59 Å². The Morgan fingerprint density at radius 1 is 1.03 bits per heavy atom. The van der Waals surface area contributed by atoms with Gasteiger partial charge in [-0.15, -0.1) is 10.2 Å². The first-order chi connectivity index (χ1) is 15.1. The largest absolute Gasteiger partial charge is 0.478 e. The van der Waals surface area contributed by atoms with Crippen molar-refractivity contribution in [3.05, 3.63) is 78.1 Å². The van der Waals surface area contributed by atoms with Gasteiger partial charge in [0, 0.05) is 11.1 Å². The topological polar surface area (TPSA) is 136 Å². The fraction of sp³-hybridized carbons (Fsp3) is 0.0476. The minimum atomic E-state index is -0.994. The predicted octanol–water partition coefficient (Wildman–Crippen LogP) is 2.45. The molecule has 0 bridgehead atoms. The molecule has 10 heteroatoms. The van der Waals surface area contributed by atoms with Crippen molar-refractivity contribution in [2.75, 3.05) is 0 Å². The zero-order valence-electron chi connectivity index (χ0n) is 16.0. The van der Waals surface area contributed by atoms with Gasteiger partial charge in [-0.3, -0.25) is 4.79 Å². The fourth-order valence-electron chi connectivity index (χ4n) is 2.70. The average Bonchev–Trinajstić information content (AvgIpc) is 3.44. The number of carbonyl (C=O) groups excluding carboxylic acids is 1. The molecule has 31 heavy (non-hydrogen) atoms. The minimum absolute atomic E-state index is 0.142. The molecule has 0 saturated heterocycles. The summed E-state index contributed by atoms with van der Waals surface area (Å²) < 4.78 is 5.63. The summed E-state index contributed by atoms with van der Waals surface area (Å²) >= 11 is 0. The molecule has 154 valence electrons. The first kappa shape index (κ1) is 19.7. The summed E-state index contributed by atoms with van der Waals surface area (Å²) in [5.41, 5.74) is 4.09. The van der Waals surface area contributed by atoms with Crippen molar-refractivity contribution in [1.29, 1.82) is 0 Å². The number of hydrazone groups is 1. The van der Waals surface area contributed by atoms with Gasteiger partial charge < -0.3 is 9.52 Å². The first-order valence-corrected chi connectivity index (χ1v) is 9.17. The van der Waals surface area contributed by atoms with E-state index in [4.69, 9.17) is 9.52 Å². The summed E-state index contributed by atoms with van der Waals surface area (Å²) in [5.74, 6) is -0.0273. The highest BCUT2D eigenvalue weighted by molar-refractivity contribution is 5.88. The molecule has 2 aromatic carbocycles. The van der Waals surface area contributed by atoms with Crippen LogP contribution in [0.2, 0.25) is 0 Å². The molecule has 0 unspecified atom stereocenters. The Hall–Kier alpha value is -4.60. The van der Waals surface area contributed by atoms with Crippen molar-refractivity contribution in [2.45, 2.75) is 6.54 Å². The summed E-state index contributed by atoms with van der Waals surface area (Å²) in [7, 11) is 0. The predicted molar refractivity (Wildman–Crippen MR) is 110 cm³/mol. The number of aromatic carboxylic acids is 1. The number of hydrogen-bond acceptors (Lipinski definition) is 7. The fourth-order valence-corrected chi connectivity index (χ4v) is 2.70. The van der Waals surface area contributed by atoms with Crippen LogP contribution in [0.1, 0.15) is 16.1 Å². The molecule has 0 aliphatic rings. The first-order valence-electron chi connectivity index (χ1n) is 9.17. The molecule has 0 fully saturated rings. The van der Waals surface area contributed by atoms with Crippen LogP contribution in [0.15, 0.2) is 76.2 Å². The number of nitrogens with zero attached hydrogens (tertiary/aromatic N) is 5. The SMILES string of the molecule is O=C(Cn1nnc(-c2ccccc2)n1)N/N=C/c1ccc(-c2ccc(C(=O)O)cc2)o1. The van der Waals surface area contributed by atoms with Crippen LogP contribution in [0, 0.1) is 0 Å². The molecule has 0 radical (unpaired) electrons. The Balaban J connectivity index is 1.32. The Labute approximate surface area is 175 Å². The third-order valence-corrected chi connectivity index (χ3v) is 4.19. The number of carboxylic acids is 1. The second kappa shape index (κ2) is 8.82. The van der Waals surface area contributed by atoms with Crippen molar-refractivity contribution >= 4 is 18.1 Å². The van der Waals surface area contributed by atoms with E-state index in [1.165, 1.54) is 23.1 Å². The molecule has 2 heterocycles. The lowest BCUT2D eigenvalue weighted by Gasteiger charge is -1.98. The average molecular weight is 416 g/mol. The second-order valence-electron chi connectivity index (χ2n) is 6.39. The van der Waals surface area contributed by atoms with E-state index in [-0.39, 0.29) is 12.1 Å². The van der Waals surface area contributed by atoms with Gasteiger partial charge in [0.15, 0.2) is 0 Å². The van der Waals surface area contributed by atoms with E-state index in [1.807, 2.05) is 30.3 Å². The van der Waals surface area contributed by atoms with Crippen LogP contribution in [0.3, 0.4) is 0 Å². The van der Waals surface area contributed by atoms with Gasteiger partial charge in [-0.25, -0.2) is 10.2 Å². The van der Waals surface area contributed by atoms with Gasteiger partial charge in [0.2, 0.25) is 5.82 Å². The number of benzene rings is 2. The Morgan fingerprint density at radius 2 is 1.81 bits per heavy atom. The van der Waals surface area contributed by atoms with Crippen molar-refractivity contribution in [1.82, 2.24) is 25.6 Å². The number of carbonyl (C=O) groups is 2. The molecule has 0 aliphatic carbocycles. The van der Waals surface area contributed by atoms with Crippen molar-refractivity contribution < 1.29 is 19.1 Å². The standard InChI is InChI=1S/C21H16N6O4/c28-19(13-27-25-20(24-26-27)15-4-2-1-3-5-15)23-22-12-17-10-11-18(31-17)14-6-8-16(9-7-14)21(29)30/h1-12H,13H2,(H,23,28)(H,29,30)/b22-12+. The Kier molecular flexibility index (Phi) is 5.61. The van der Waals surface area contributed by atoms with Crippen LogP contribution in [0.5, 0.6) is 0 Å². The number of carboxylic acid groups (broad SMARTS) is 1. The molecule has 0 saturated carbocycles. The van der Waals surface area contributed by atoms with Crippen LogP contribution in [-0.4, -0.2) is 43.4 Å². The van der Waals surface area contributed by atoms with Crippen LogP contribution in [-0.2, 0) is 11.3 Å². The highest BCUT2D eigenvalue weighted by Crippen LogP contribution is 2.22. The summed E-state index contributed by atoms with van der Waals surface area (Å²) in [6.45, 7) is -0.142. The zero-order valence-corrected chi connectivity index (χ0v) is 16.0. The van der Waals surface area contributed by atoms with Crippen LogP contribution in [0.4, 0.5) is 0 Å². The van der Waals surface area contributed by atoms with Crippen LogP contribution < -0.4 is 5.43 Å². The maximum Gasteiger partial charge on any atom is 0.335 e. The summed E-state index contributed by atoms with van der Waals surface area (Å²) in [5, 5.41) is 24.8. The molecule has 0 spiro atoms. The number of nitrogens with one attached hydrogen (secondary N) is 1. The smallest absolute Gasteiger partial charge is 0.335 e. The van der Waals surface area contributed by atoms with Crippen molar-refractivity contribution in [3.8, 4) is 22.7 Å². The lowest BCUT2D eigenvalue weighted by atomic mass is 10.1. The molecule has 4 rings (SSSR count). The summed E-state index contributed by atoms with van der Waals surface area (Å²) in [4.78, 5) is 24.1. The van der Waals surface area contributed by atoms with Crippen LogP contribution >= 0.6 is 0 Å². The maximum absolute atomic E-state index is 12.0. The van der Waals surface area contributed by atoms with E-state index in [0.717, 1.165) is 11.1 Å². The summed E-state index contributed by atoms with van der Waals surface area (Å²) in [6.07, 6.45) is 1.36. The van der Waals surface area contributed by atoms with Crippen LogP contribution in [0.25, 0.3) is 22.7 Å². The number of tetrazole rings is 1. The highest BCUT2D eigenvalue weighted by atomic mass is 16.4.